The number of carbonyl (C=O) groups excluding carboxylic acids is 2. The number of benzene rings is 1. The zero-order valence-electron chi connectivity index (χ0n) is 14.8. The summed E-state index contributed by atoms with van der Waals surface area (Å²) in [7, 11) is 0. The van der Waals surface area contributed by atoms with E-state index in [1.165, 1.54) is 0 Å². The number of nitriles is 1. The van der Waals surface area contributed by atoms with Gasteiger partial charge in [0.05, 0.1) is 12.5 Å². The highest BCUT2D eigenvalue weighted by molar-refractivity contribution is 5.86. The molecule has 0 atom stereocenters. The lowest BCUT2D eigenvalue weighted by molar-refractivity contribution is -0.144. The van der Waals surface area contributed by atoms with Gasteiger partial charge in [-0.25, -0.2) is 0 Å². The largest absolute Gasteiger partial charge is 0.339 e. The van der Waals surface area contributed by atoms with E-state index < -0.39 is 5.41 Å². The third-order valence-corrected chi connectivity index (χ3v) is 5.60. The maximum atomic E-state index is 12.8. The molecule has 25 heavy (non-hydrogen) atoms. The van der Waals surface area contributed by atoms with Gasteiger partial charge in [0.25, 0.3) is 0 Å². The average molecular weight is 339 g/mol. The van der Waals surface area contributed by atoms with E-state index in [9.17, 15) is 14.9 Å². The molecule has 1 saturated carbocycles. The Morgan fingerprint density at radius 1 is 1.08 bits per heavy atom. The Bertz CT molecular complexity index is 693. The predicted molar refractivity (Wildman–Crippen MR) is 94.6 cm³/mol. The van der Waals surface area contributed by atoms with Gasteiger partial charge in [0, 0.05) is 26.2 Å². The van der Waals surface area contributed by atoms with Crippen molar-refractivity contribution in [2.24, 2.45) is 5.41 Å². The minimum atomic E-state index is -0.812. The summed E-state index contributed by atoms with van der Waals surface area (Å²) in [5.74, 6) is 0.0794. The fraction of sp³-hybridized carbons (Fsp3) is 0.550. The molecule has 2 amide bonds. The first kappa shape index (κ1) is 17.5. The second-order valence-electron chi connectivity index (χ2n) is 7.18. The number of nitrogens with zero attached hydrogens (tertiary/aromatic N) is 3. The van der Waals surface area contributed by atoms with Crippen LogP contribution in [0.4, 0.5) is 0 Å². The van der Waals surface area contributed by atoms with Crippen LogP contribution < -0.4 is 0 Å². The summed E-state index contributed by atoms with van der Waals surface area (Å²) in [6, 6.07) is 10.2. The van der Waals surface area contributed by atoms with Crippen LogP contribution in [0, 0.1) is 23.7 Å². The molecule has 2 fully saturated rings. The molecule has 0 unspecified atom stereocenters. The van der Waals surface area contributed by atoms with Crippen LogP contribution >= 0.6 is 0 Å². The van der Waals surface area contributed by atoms with E-state index in [1.54, 1.807) is 4.90 Å². The summed E-state index contributed by atoms with van der Waals surface area (Å²) in [6.45, 7) is 4.18. The Morgan fingerprint density at radius 2 is 1.68 bits per heavy atom. The maximum absolute atomic E-state index is 12.8. The molecule has 1 aromatic rings. The number of hydrogen-bond acceptors (Lipinski definition) is 3. The lowest BCUT2D eigenvalue weighted by Crippen LogP contribution is -2.54. The van der Waals surface area contributed by atoms with Crippen molar-refractivity contribution >= 4 is 11.8 Å². The van der Waals surface area contributed by atoms with Crippen molar-refractivity contribution < 1.29 is 9.59 Å². The SMILES string of the molecule is Cc1ccccc1CC(=O)N1CCN(C(=O)C2(C#N)CCCC2)CC1. The zero-order valence-corrected chi connectivity index (χ0v) is 14.8. The van der Waals surface area contributed by atoms with E-state index in [2.05, 4.69) is 6.07 Å². The Hall–Kier alpha value is -2.35. The molecule has 132 valence electrons. The van der Waals surface area contributed by atoms with Gasteiger partial charge in [-0.1, -0.05) is 37.1 Å². The average Bonchev–Trinajstić information content (AvgIpc) is 3.13. The lowest BCUT2D eigenvalue weighted by atomic mass is 9.86. The molecule has 3 rings (SSSR count). The molecule has 1 aliphatic heterocycles. The van der Waals surface area contributed by atoms with E-state index in [-0.39, 0.29) is 11.8 Å². The van der Waals surface area contributed by atoms with Crippen molar-refractivity contribution in [2.45, 2.75) is 39.0 Å². The van der Waals surface area contributed by atoms with E-state index >= 15 is 0 Å². The van der Waals surface area contributed by atoms with Gasteiger partial charge >= 0.3 is 0 Å². The molecule has 1 aromatic carbocycles. The molecule has 0 aromatic heterocycles. The van der Waals surface area contributed by atoms with Crippen LogP contribution in [0.1, 0.15) is 36.8 Å². The van der Waals surface area contributed by atoms with Crippen LogP contribution in [0.2, 0.25) is 0 Å². The molecule has 2 aliphatic rings. The highest BCUT2D eigenvalue weighted by Crippen LogP contribution is 2.39. The van der Waals surface area contributed by atoms with Crippen molar-refractivity contribution in [3.63, 3.8) is 0 Å². The summed E-state index contributed by atoms with van der Waals surface area (Å²) >= 11 is 0. The normalized spacial score (nSPS) is 19.5. The molecule has 1 aliphatic carbocycles. The minimum absolute atomic E-state index is 0.0292. The maximum Gasteiger partial charge on any atom is 0.243 e. The van der Waals surface area contributed by atoms with Crippen LogP contribution in [0.25, 0.3) is 0 Å². The number of carbonyl (C=O) groups is 2. The number of piperazine rings is 1. The predicted octanol–water partition coefficient (Wildman–Crippen LogP) is 2.29. The standard InChI is InChI=1S/C20H25N3O2/c1-16-6-2-3-7-17(16)14-18(24)22-10-12-23(13-11-22)19(25)20(15-21)8-4-5-9-20/h2-3,6-7H,4-5,8-14H2,1H3. The molecule has 5 heteroatoms. The van der Waals surface area contributed by atoms with Crippen molar-refractivity contribution in [3.05, 3.63) is 35.4 Å². The summed E-state index contributed by atoms with van der Waals surface area (Å²) in [5, 5.41) is 9.49. The fourth-order valence-corrected chi connectivity index (χ4v) is 3.90. The van der Waals surface area contributed by atoms with Crippen molar-refractivity contribution in [3.8, 4) is 6.07 Å². The van der Waals surface area contributed by atoms with Crippen LogP contribution in [0.5, 0.6) is 0 Å². The fourth-order valence-electron chi connectivity index (χ4n) is 3.90. The molecule has 1 saturated heterocycles. The molecular formula is C20H25N3O2. The van der Waals surface area contributed by atoms with Gasteiger partial charge in [0.15, 0.2) is 0 Å². The van der Waals surface area contributed by atoms with Crippen molar-refractivity contribution in [1.29, 1.82) is 5.26 Å². The monoisotopic (exact) mass is 339 g/mol. The summed E-state index contributed by atoms with van der Waals surface area (Å²) in [4.78, 5) is 28.9. The number of amides is 2. The summed E-state index contributed by atoms with van der Waals surface area (Å²) in [5.41, 5.74) is 1.37. The molecule has 0 N–H and O–H groups in total. The molecule has 0 radical (unpaired) electrons. The molecule has 1 heterocycles. The van der Waals surface area contributed by atoms with Gasteiger partial charge in [0.2, 0.25) is 11.8 Å². The Labute approximate surface area is 149 Å². The van der Waals surface area contributed by atoms with Crippen molar-refractivity contribution in [2.75, 3.05) is 26.2 Å². The van der Waals surface area contributed by atoms with Crippen LogP contribution in [-0.4, -0.2) is 47.8 Å². The van der Waals surface area contributed by atoms with E-state index in [1.807, 2.05) is 36.1 Å². The van der Waals surface area contributed by atoms with E-state index in [4.69, 9.17) is 0 Å². The van der Waals surface area contributed by atoms with Crippen molar-refractivity contribution in [1.82, 2.24) is 9.80 Å². The summed E-state index contributed by atoms with van der Waals surface area (Å²) in [6.07, 6.45) is 3.66. The molecule has 0 spiro atoms. The van der Waals surface area contributed by atoms with Crippen LogP contribution in [-0.2, 0) is 16.0 Å². The topological polar surface area (TPSA) is 64.4 Å². The highest BCUT2D eigenvalue weighted by Gasteiger charge is 2.44. The lowest BCUT2D eigenvalue weighted by Gasteiger charge is -2.37. The van der Waals surface area contributed by atoms with Gasteiger partial charge in [0.1, 0.15) is 5.41 Å². The first-order chi connectivity index (χ1) is 12.1. The van der Waals surface area contributed by atoms with Crippen LogP contribution in [0.3, 0.4) is 0 Å². The number of hydrogen-bond donors (Lipinski definition) is 0. The van der Waals surface area contributed by atoms with Gasteiger partial charge in [-0.3, -0.25) is 9.59 Å². The molecule has 5 nitrogen and oxygen atoms in total. The second-order valence-corrected chi connectivity index (χ2v) is 7.18. The van der Waals surface area contributed by atoms with E-state index in [0.29, 0.717) is 45.4 Å². The quantitative estimate of drug-likeness (QED) is 0.849. The minimum Gasteiger partial charge on any atom is -0.339 e. The van der Waals surface area contributed by atoms with Crippen LogP contribution in [0.15, 0.2) is 24.3 Å². The highest BCUT2D eigenvalue weighted by atomic mass is 16.2. The third-order valence-electron chi connectivity index (χ3n) is 5.60. The Balaban J connectivity index is 1.57. The first-order valence-corrected chi connectivity index (χ1v) is 9.09. The van der Waals surface area contributed by atoms with E-state index in [0.717, 1.165) is 24.0 Å². The molecular weight excluding hydrogens is 314 g/mol. The number of aryl methyl sites for hydroxylation is 1. The Kier molecular flexibility index (Phi) is 5.08. The van der Waals surface area contributed by atoms with Gasteiger partial charge in [-0.05, 0) is 30.9 Å². The van der Waals surface area contributed by atoms with Gasteiger partial charge in [-0.2, -0.15) is 5.26 Å². The van der Waals surface area contributed by atoms with Gasteiger partial charge < -0.3 is 9.80 Å². The first-order valence-electron chi connectivity index (χ1n) is 9.09. The molecule has 0 bridgehead atoms. The smallest absolute Gasteiger partial charge is 0.243 e. The summed E-state index contributed by atoms with van der Waals surface area (Å²) < 4.78 is 0. The Morgan fingerprint density at radius 3 is 2.28 bits per heavy atom. The zero-order chi connectivity index (χ0) is 17.9. The van der Waals surface area contributed by atoms with Gasteiger partial charge in [-0.15, -0.1) is 0 Å². The number of rotatable bonds is 3. The third kappa shape index (κ3) is 3.53. The second kappa shape index (κ2) is 7.26.